The van der Waals surface area contributed by atoms with Crippen molar-refractivity contribution in [3.8, 4) is 0 Å². The minimum atomic E-state index is -0.524. The Kier molecular flexibility index (Phi) is 2.34. The van der Waals surface area contributed by atoms with Crippen molar-refractivity contribution in [2.45, 2.75) is 6.04 Å². The summed E-state index contributed by atoms with van der Waals surface area (Å²) in [4.78, 5) is 3.78. The molecule has 1 aromatic heterocycles. The predicted molar refractivity (Wildman–Crippen MR) is 37.1 cm³/mol. The smallest absolute Gasteiger partial charge is 0.109 e. The molecule has 1 atom stereocenters. The van der Waals surface area contributed by atoms with Crippen molar-refractivity contribution < 1.29 is 4.39 Å². The second-order valence-electron chi connectivity index (χ2n) is 2.04. The van der Waals surface area contributed by atoms with E-state index >= 15 is 0 Å². The Labute approximate surface area is 58.9 Å². The Hall–Kier alpha value is -0.960. The molecule has 0 fully saturated rings. The van der Waals surface area contributed by atoms with Crippen LogP contribution in [0.2, 0.25) is 0 Å². The fraction of sp³-hybridized carbons (Fsp3) is 0.286. The van der Waals surface area contributed by atoms with Gasteiger partial charge in [-0.1, -0.05) is 0 Å². The number of rotatable bonds is 2. The molecule has 0 spiro atoms. The number of hydrogen-bond acceptors (Lipinski definition) is 2. The zero-order valence-electron chi connectivity index (χ0n) is 5.50. The molecule has 0 aliphatic heterocycles. The zero-order valence-corrected chi connectivity index (χ0v) is 5.50. The molecule has 0 aliphatic rings. The molecule has 0 saturated carbocycles. The minimum Gasteiger partial charge on any atom is -0.322 e. The highest BCUT2D eigenvalue weighted by atomic mass is 19.1. The second kappa shape index (κ2) is 3.27. The molecule has 1 unspecified atom stereocenters. The number of nitrogens with two attached hydrogens (primary N) is 1. The van der Waals surface area contributed by atoms with Crippen molar-refractivity contribution in [1.82, 2.24) is 4.98 Å². The molecule has 0 amide bonds. The van der Waals surface area contributed by atoms with Gasteiger partial charge in [-0.25, -0.2) is 4.39 Å². The van der Waals surface area contributed by atoms with E-state index in [-0.39, 0.29) is 0 Å². The van der Waals surface area contributed by atoms with Crippen LogP contribution in [0.15, 0.2) is 24.5 Å². The van der Waals surface area contributed by atoms with Gasteiger partial charge >= 0.3 is 0 Å². The molecule has 0 saturated heterocycles. The van der Waals surface area contributed by atoms with Crippen LogP contribution in [0.4, 0.5) is 4.39 Å². The van der Waals surface area contributed by atoms with Gasteiger partial charge in [-0.15, -0.1) is 0 Å². The SMILES string of the molecule is NC(CF)c1ccncc1. The summed E-state index contributed by atoms with van der Waals surface area (Å²) in [5.74, 6) is 0. The lowest BCUT2D eigenvalue weighted by atomic mass is 10.1. The molecule has 3 heteroatoms. The van der Waals surface area contributed by atoms with Gasteiger partial charge in [0.05, 0.1) is 6.04 Å². The Bertz CT molecular complexity index is 188. The largest absolute Gasteiger partial charge is 0.322 e. The molecular formula is C7H9FN2. The number of halogens is 1. The highest BCUT2D eigenvalue weighted by Crippen LogP contribution is 2.07. The molecule has 0 aromatic carbocycles. The van der Waals surface area contributed by atoms with E-state index < -0.39 is 12.7 Å². The maximum absolute atomic E-state index is 11.9. The summed E-state index contributed by atoms with van der Waals surface area (Å²) in [5, 5.41) is 0. The van der Waals surface area contributed by atoms with Crippen LogP contribution in [0.25, 0.3) is 0 Å². The Morgan fingerprint density at radius 3 is 2.60 bits per heavy atom. The molecule has 1 rings (SSSR count). The number of pyridine rings is 1. The van der Waals surface area contributed by atoms with Gasteiger partial charge in [0.25, 0.3) is 0 Å². The highest BCUT2D eigenvalue weighted by Gasteiger charge is 2.02. The third-order valence-electron chi connectivity index (χ3n) is 1.30. The van der Waals surface area contributed by atoms with Crippen molar-refractivity contribution in [2.75, 3.05) is 6.67 Å². The summed E-state index contributed by atoms with van der Waals surface area (Å²) in [6.45, 7) is -0.524. The first-order chi connectivity index (χ1) is 4.84. The number of nitrogens with zero attached hydrogens (tertiary/aromatic N) is 1. The van der Waals surface area contributed by atoms with Crippen LogP contribution >= 0.6 is 0 Å². The summed E-state index contributed by atoms with van der Waals surface area (Å²) in [6.07, 6.45) is 3.20. The molecule has 0 bridgehead atoms. The van der Waals surface area contributed by atoms with Gasteiger partial charge in [0.2, 0.25) is 0 Å². The lowest BCUT2D eigenvalue weighted by molar-refractivity contribution is 0.437. The van der Waals surface area contributed by atoms with Gasteiger partial charge in [0.1, 0.15) is 6.67 Å². The van der Waals surface area contributed by atoms with E-state index in [0.29, 0.717) is 0 Å². The van der Waals surface area contributed by atoms with Crippen molar-refractivity contribution in [2.24, 2.45) is 5.73 Å². The van der Waals surface area contributed by atoms with Crippen molar-refractivity contribution in [3.63, 3.8) is 0 Å². The summed E-state index contributed by atoms with van der Waals surface area (Å²) < 4.78 is 11.9. The Balaban J connectivity index is 2.75. The van der Waals surface area contributed by atoms with Gasteiger partial charge in [0, 0.05) is 12.4 Å². The lowest BCUT2D eigenvalue weighted by Gasteiger charge is -2.04. The second-order valence-corrected chi connectivity index (χ2v) is 2.04. The van der Waals surface area contributed by atoms with Crippen LogP contribution in [0.3, 0.4) is 0 Å². The van der Waals surface area contributed by atoms with Crippen molar-refractivity contribution in [1.29, 1.82) is 0 Å². The molecule has 2 nitrogen and oxygen atoms in total. The minimum absolute atomic E-state index is 0.497. The van der Waals surface area contributed by atoms with E-state index in [4.69, 9.17) is 5.73 Å². The number of aromatic nitrogens is 1. The molecule has 54 valence electrons. The quantitative estimate of drug-likeness (QED) is 0.666. The van der Waals surface area contributed by atoms with E-state index in [0.717, 1.165) is 5.56 Å². The van der Waals surface area contributed by atoms with Crippen LogP contribution in [-0.2, 0) is 0 Å². The monoisotopic (exact) mass is 140 g/mol. The molecule has 2 N–H and O–H groups in total. The standard InChI is InChI=1S/C7H9FN2/c8-5-7(9)6-1-3-10-4-2-6/h1-4,7H,5,9H2. The molecule has 1 heterocycles. The summed E-state index contributed by atoms with van der Waals surface area (Å²) in [7, 11) is 0. The van der Waals surface area contributed by atoms with E-state index in [2.05, 4.69) is 4.98 Å². The van der Waals surface area contributed by atoms with Crippen molar-refractivity contribution in [3.05, 3.63) is 30.1 Å². The summed E-state index contributed by atoms with van der Waals surface area (Å²) >= 11 is 0. The average molecular weight is 140 g/mol. The molecule has 10 heavy (non-hydrogen) atoms. The van der Waals surface area contributed by atoms with Crippen LogP contribution in [0, 0.1) is 0 Å². The third kappa shape index (κ3) is 1.51. The topological polar surface area (TPSA) is 38.9 Å². The summed E-state index contributed by atoms with van der Waals surface area (Å²) in [5.41, 5.74) is 6.18. The number of hydrogen-bond donors (Lipinski definition) is 1. The molecule has 1 aromatic rings. The number of alkyl halides is 1. The Morgan fingerprint density at radius 2 is 2.10 bits per heavy atom. The molecule has 0 aliphatic carbocycles. The van der Waals surface area contributed by atoms with E-state index in [1.165, 1.54) is 0 Å². The van der Waals surface area contributed by atoms with Gasteiger partial charge in [-0.2, -0.15) is 0 Å². The molecular weight excluding hydrogens is 131 g/mol. The zero-order chi connectivity index (χ0) is 7.40. The lowest BCUT2D eigenvalue weighted by Crippen LogP contribution is -2.11. The Morgan fingerprint density at radius 1 is 1.50 bits per heavy atom. The first kappa shape index (κ1) is 7.15. The van der Waals surface area contributed by atoms with Gasteiger partial charge < -0.3 is 5.73 Å². The van der Waals surface area contributed by atoms with E-state index in [1.807, 2.05) is 0 Å². The fourth-order valence-electron chi connectivity index (χ4n) is 0.700. The van der Waals surface area contributed by atoms with Crippen LogP contribution in [-0.4, -0.2) is 11.7 Å². The first-order valence-corrected chi connectivity index (χ1v) is 3.06. The maximum atomic E-state index is 11.9. The van der Waals surface area contributed by atoms with Crippen LogP contribution < -0.4 is 5.73 Å². The first-order valence-electron chi connectivity index (χ1n) is 3.06. The van der Waals surface area contributed by atoms with Gasteiger partial charge in [-0.05, 0) is 17.7 Å². The maximum Gasteiger partial charge on any atom is 0.109 e. The van der Waals surface area contributed by atoms with Gasteiger partial charge in [0.15, 0.2) is 0 Å². The van der Waals surface area contributed by atoms with Crippen LogP contribution in [0.5, 0.6) is 0 Å². The van der Waals surface area contributed by atoms with E-state index in [9.17, 15) is 4.39 Å². The molecule has 0 radical (unpaired) electrons. The average Bonchev–Trinajstić information content (AvgIpc) is 2.05. The van der Waals surface area contributed by atoms with Crippen LogP contribution in [0.1, 0.15) is 11.6 Å². The predicted octanol–water partition coefficient (Wildman–Crippen LogP) is 1.05. The fourth-order valence-corrected chi connectivity index (χ4v) is 0.700. The highest BCUT2D eigenvalue weighted by molar-refractivity contribution is 5.13. The summed E-state index contributed by atoms with van der Waals surface area (Å²) in [6, 6.07) is 2.93. The van der Waals surface area contributed by atoms with Gasteiger partial charge in [-0.3, -0.25) is 4.98 Å². The third-order valence-corrected chi connectivity index (χ3v) is 1.30. The normalized spacial score (nSPS) is 13.0. The van der Waals surface area contributed by atoms with E-state index in [1.54, 1.807) is 24.5 Å². The van der Waals surface area contributed by atoms with Crippen molar-refractivity contribution >= 4 is 0 Å².